The third-order valence-corrected chi connectivity index (χ3v) is 6.85. The lowest BCUT2D eigenvalue weighted by molar-refractivity contribution is -0.896. The van der Waals surface area contributed by atoms with E-state index in [0.717, 1.165) is 52.7 Å². The largest absolute Gasteiger partial charge is 0.446 e. The van der Waals surface area contributed by atoms with Crippen LogP contribution < -0.4 is 10.6 Å². The molecule has 0 aromatic heterocycles. The molecule has 1 saturated heterocycles. The number of piperidine rings is 1. The van der Waals surface area contributed by atoms with Gasteiger partial charge in [-0.15, -0.1) is 0 Å². The van der Waals surface area contributed by atoms with E-state index in [4.69, 9.17) is 9.84 Å². The van der Waals surface area contributed by atoms with E-state index in [2.05, 4.69) is 24.7 Å². The van der Waals surface area contributed by atoms with Crippen LogP contribution in [0.4, 0.5) is 16.2 Å². The Morgan fingerprint density at radius 3 is 2.27 bits per heavy atom. The van der Waals surface area contributed by atoms with Gasteiger partial charge in [-0.3, -0.25) is 10.1 Å². The molecule has 0 radical (unpaired) electrons. The molecule has 37 heavy (non-hydrogen) atoms. The van der Waals surface area contributed by atoms with Crippen molar-refractivity contribution >= 4 is 23.4 Å². The number of hydrogen-bond acceptors (Lipinski definition) is 4. The number of aliphatic hydroxyl groups is 1. The molecular formula is C30H36N3O4+. The van der Waals surface area contributed by atoms with Crippen LogP contribution in [-0.2, 0) is 22.6 Å². The minimum atomic E-state index is -0.436. The van der Waals surface area contributed by atoms with Crippen LogP contribution in [0.25, 0.3) is 11.1 Å². The van der Waals surface area contributed by atoms with Crippen LogP contribution in [0.3, 0.4) is 0 Å². The van der Waals surface area contributed by atoms with E-state index in [-0.39, 0.29) is 18.6 Å². The molecule has 0 saturated carbocycles. The molecule has 7 nitrogen and oxygen atoms in total. The smallest absolute Gasteiger partial charge is 0.411 e. The maximum atomic E-state index is 12.7. The van der Waals surface area contributed by atoms with Gasteiger partial charge in [0.05, 0.1) is 39.5 Å². The molecule has 3 N–H and O–H groups in total. The number of likely N-dealkylation sites (tertiary alicyclic amines) is 1. The lowest BCUT2D eigenvalue weighted by Gasteiger charge is -2.36. The molecule has 0 unspecified atom stereocenters. The average molecular weight is 503 g/mol. The van der Waals surface area contributed by atoms with Crippen molar-refractivity contribution < 1.29 is 23.9 Å². The molecule has 194 valence electrons. The fourth-order valence-corrected chi connectivity index (χ4v) is 4.54. The molecule has 0 bridgehead atoms. The zero-order valence-electron chi connectivity index (χ0n) is 21.6. The Balaban J connectivity index is 1.41. The van der Waals surface area contributed by atoms with Gasteiger partial charge in [0.15, 0.2) is 0 Å². The Hall–Kier alpha value is -3.68. The number of rotatable bonds is 8. The molecule has 3 aromatic carbocycles. The van der Waals surface area contributed by atoms with Crippen LogP contribution in [0.15, 0.2) is 72.8 Å². The van der Waals surface area contributed by atoms with Gasteiger partial charge in [-0.1, -0.05) is 48.5 Å². The van der Waals surface area contributed by atoms with Crippen molar-refractivity contribution in [1.82, 2.24) is 0 Å². The van der Waals surface area contributed by atoms with Crippen LogP contribution >= 0.6 is 0 Å². The van der Waals surface area contributed by atoms with Crippen LogP contribution in [0.2, 0.25) is 0 Å². The maximum Gasteiger partial charge on any atom is 0.411 e. The van der Waals surface area contributed by atoms with E-state index in [1.807, 2.05) is 48.5 Å². The van der Waals surface area contributed by atoms with E-state index in [9.17, 15) is 9.59 Å². The van der Waals surface area contributed by atoms with E-state index < -0.39 is 6.09 Å². The first-order valence-corrected chi connectivity index (χ1v) is 12.8. The second-order valence-electron chi connectivity index (χ2n) is 10.3. The Bertz CT molecular complexity index is 1200. The quantitative estimate of drug-likeness (QED) is 0.369. The number of nitrogens with zero attached hydrogens (tertiary/aromatic N) is 1. The summed E-state index contributed by atoms with van der Waals surface area (Å²) in [6.07, 6.45) is 2.09. The van der Waals surface area contributed by atoms with Gasteiger partial charge in [0.25, 0.3) is 0 Å². The van der Waals surface area contributed by atoms with E-state index in [1.54, 1.807) is 24.3 Å². The minimum absolute atomic E-state index is 0.0289. The second-order valence-corrected chi connectivity index (χ2v) is 10.3. The molecule has 0 atom stereocenters. The number of carbonyl (C=O) groups excluding carboxylic acids is 2. The van der Waals surface area contributed by atoms with Gasteiger partial charge in [-0.05, 0) is 47.4 Å². The maximum absolute atomic E-state index is 12.7. The van der Waals surface area contributed by atoms with Crippen molar-refractivity contribution in [2.75, 3.05) is 37.8 Å². The lowest BCUT2D eigenvalue weighted by atomic mass is 9.99. The summed E-state index contributed by atoms with van der Waals surface area (Å²) in [6, 6.07) is 22.8. The first kappa shape index (κ1) is 26.4. The standard InChI is InChI=1S/C30H35N3O4/c1-33(2)18-16-26(17-19-33)37-30(36)32-28-14-10-22(20-27(28)24-6-4-3-5-7-24)11-15-29(35)31-25-12-8-23(21-34)9-13-25/h3-10,12-14,20,26,34H,11,15-19,21H2,1-2H3,(H-,31,32,35,36)/p+1. The summed E-state index contributed by atoms with van der Waals surface area (Å²) in [5, 5.41) is 15.0. The van der Waals surface area contributed by atoms with Crippen LogP contribution in [0.5, 0.6) is 0 Å². The van der Waals surface area contributed by atoms with Crippen molar-refractivity contribution in [2.24, 2.45) is 0 Å². The van der Waals surface area contributed by atoms with Gasteiger partial charge < -0.3 is 19.6 Å². The zero-order chi connectivity index (χ0) is 26.3. The molecule has 1 heterocycles. The molecule has 1 fully saturated rings. The molecule has 1 aliphatic heterocycles. The van der Waals surface area contributed by atoms with Crippen molar-refractivity contribution in [2.45, 2.75) is 38.4 Å². The highest BCUT2D eigenvalue weighted by molar-refractivity contribution is 5.92. The third kappa shape index (κ3) is 7.65. The summed E-state index contributed by atoms with van der Waals surface area (Å²) in [7, 11) is 4.39. The number of anilines is 2. The van der Waals surface area contributed by atoms with Crippen LogP contribution in [0.1, 0.15) is 30.4 Å². The van der Waals surface area contributed by atoms with Crippen molar-refractivity contribution in [3.63, 3.8) is 0 Å². The number of benzene rings is 3. The average Bonchev–Trinajstić information content (AvgIpc) is 2.90. The second kappa shape index (κ2) is 12.0. The highest BCUT2D eigenvalue weighted by atomic mass is 16.6. The summed E-state index contributed by atoms with van der Waals surface area (Å²) >= 11 is 0. The van der Waals surface area contributed by atoms with Crippen molar-refractivity contribution in [3.05, 3.63) is 83.9 Å². The number of quaternary nitrogens is 1. The lowest BCUT2D eigenvalue weighted by Crippen LogP contribution is -2.48. The molecule has 2 amide bonds. The minimum Gasteiger partial charge on any atom is -0.446 e. The predicted molar refractivity (Wildman–Crippen MR) is 146 cm³/mol. The Kier molecular flexibility index (Phi) is 8.58. The van der Waals surface area contributed by atoms with Gasteiger partial charge in [0.2, 0.25) is 5.91 Å². The first-order valence-electron chi connectivity index (χ1n) is 12.8. The van der Waals surface area contributed by atoms with E-state index >= 15 is 0 Å². The molecule has 4 rings (SSSR count). The highest BCUT2D eigenvalue weighted by Gasteiger charge is 2.28. The normalized spacial score (nSPS) is 15.1. The summed E-state index contributed by atoms with van der Waals surface area (Å²) in [5.41, 5.74) is 5.04. The topological polar surface area (TPSA) is 87.7 Å². The third-order valence-electron chi connectivity index (χ3n) is 6.85. The fourth-order valence-electron chi connectivity index (χ4n) is 4.54. The fraction of sp³-hybridized carbons (Fsp3) is 0.333. The summed E-state index contributed by atoms with van der Waals surface area (Å²) in [4.78, 5) is 25.2. The predicted octanol–water partition coefficient (Wildman–Crippen LogP) is 5.20. The molecule has 3 aromatic rings. The molecule has 0 spiro atoms. The number of amides is 2. The number of carbonyl (C=O) groups is 2. The van der Waals surface area contributed by atoms with Gasteiger partial charge in [0.1, 0.15) is 6.10 Å². The summed E-state index contributed by atoms with van der Waals surface area (Å²) in [6.45, 7) is 1.95. The van der Waals surface area contributed by atoms with Gasteiger partial charge in [0, 0.05) is 30.5 Å². The SMILES string of the molecule is C[N+]1(C)CCC(OC(=O)Nc2ccc(CCC(=O)Nc3ccc(CO)cc3)cc2-c2ccccc2)CC1. The Labute approximate surface area is 218 Å². The number of nitrogens with one attached hydrogen (secondary N) is 2. The number of aryl methyl sites for hydroxylation is 1. The van der Waals surface area contributed by atoms with E-state index in [0.29, 0.717) is 24.2 Å². The number of ether oxygens (including phenoxy) is 1. The molecule has 0 aliphatic carbocycles. The van der Waals surface area contributed by atoms with Gasteiger partial charge in [-0.2, -0.15) is 0 Å². The molecular weight excluding hydrogens is 466 g/mol. The van der Waals surface area contributed by atoms with Crippen molar-refractivity contribution in [1.29, 1.82) is 0 Å². The molecule has 7 heteroatoms. The number of hydrogen-bond donors (Lipinski definition) is 3. The van der Waals surface area contributed by atoms with Gasteiger partial charge >= 0.3 is 6.09 Å². The monoisotopic (exact) mass is 502 g/mol. The molecule has 1 aliphatic rings. The van der Waals surface area contributed by atoms with Crippen LogP contribution in [0, 0.1) is 0 Å². The number of aliphatic hydroxyl groups excluding tert-OH is 1. The van der Waals surface area contributed by atoms with E-state index in [1.165, 1.54) is 0 Å². The first-order chi connectivity index (χ1) is 17.8. The highest BCUT2D eigenvalue weighted by Crippen LogP contribution is 2.30. The summed E-state index contributed by atoms with van der Waals surface area (Å²) in [5.74, 6) is -0.0851. The van der Waals surface area contributed by atoms with Crippen molar-refractivity contribution in [3.8, 4) is 11.1 Å². The summed E-state index contributed by atoms with van der Waals surface area (Å²) < 4.78 is 6.69. The Morgan fingerprint density at radius 1 is 0.919 bits per heavy atom. The Morgan fingerprint density at radius 2 is 1.59 bits per heavy atom. The van der Waals surface area contributed by atoms with Crippen LogP contribution in [-0.4, -0.2) is 54.9 Å². The zero-order valence-corrected chi connectivity index (χ0v) is 21.6. The van der Waals surface area contributed by atoms with Gasteiger partial charge in [-0.25, -0.2) is 4.79 Å².